The van der Waals surface area contributed by atoms with E-state index in [1.807, 2.05) is 29.6 Å². The zero-order valence-electron chi connectivity index (χ0n) is 11.3. The Morgan fingerprint density at radius 3 is 3.19 bits per heavy atom. The molecule has 5 nitrogen and oxygen atoms in total. The van der Waals surface area contributed by atoms with E-state index in [1.54, 1.807) is 12.4 Å². The molecule has 0 bridgehead atoms. The lowest BCUT2D eigenvalue weighted by Gasteiger charge is -2.22. The fourth-order valence-electron chi connectivity index (χ4n) is 2.22. The van der Waals surface area contributed by atoms with Gasteiger partial charge in [-0.15, -0.1) is 0 Å². The van der Waals surface area contributed by atoms with Crippen LogP contribution in [0.4, 0.5) is 0 Å². The van der Waals surface area contributed by atoms with Crippen molar-refractivity contribution in [3.8, 4) is 0 Å². The number of nitrogens with zero attached hydrogens (tertiary/aromatic N) is 3. The number of imidazole rings is 1. The molecule has 1 N–H and O–H groups in total. The molecule has 2 aromatic rings. The van der Waals surface area contributed by atoms with Crippen LogP contribution in [0.5, 0.6) is 0 Å². The van der Waals surface area contributed by atoms with Crippen molar-refractivity contribution >= 4 is 52.3 Å². The van der Waals surface area contributed by atoms with Crippen molar-refractivity contribution in [2.45, 2.75) is 17.0 Å². The Hall–Kier alpha value is -0.860. The Morgan fingerprint density at radius 2 is 2.43 bits per heavy atom. The molecule has 2 aromatic heterocycles. The largest absolute Gasteiger partial charge is 0.481 e. The van der Waals surface area contributed by atoms with Crippen molar-refractivity contribution in [1.29, 1.82) is 0 Å². The minimum absolute atomic E-state index is 0.0311. The van der Waals surface area contributed by atoms with Crippen LogP contribution in [-0.4, -0.2) is 53.9 Å². The van der Waals surface area contributed by atoms with Crippen LogP contribution in [0.1, 0.15) is 0 Å². The lowest BCUT2D eigenvalue weighted by Crippen LogP contribution is -2.21. The van der Waals surface area contributed by atoms with E-state index >= 15 is 0 Å². The van der Waals surface area contributed by atoms with E-state index in [1.165, 1.54) is 23.3 Å². The summed E-state index contributed by atoms with van der Waals surface area (Å²) in [5.41, 5.74) is 1.87. The lowest BCUT2D eigenvalue weighted by atomic mass is 10.4. The summed E-state index contributed by atoms with van der Waals surface area (Å²) in [6.45, 7) is 0.875. The molecule has 0 spiro atoms. The molecule has 0 radical (unpaired) electrons. The van der Waals surface area contributed by atoms with Gasteiger partial charge in [0.25, 0.3) is 0 Å². The summed E-state index contributed by atoms with van der Waals surface area (Å²) in [5.74, 6) is 2.75. The number of carbonyl (C=O) groups is 1. The standard InChI is InChI=1S/C13H15N3O2S3/c17-12(18)8-21-13-15-10-5-14-2-1-11(10)16(13)6-9-7-19-3-4-20-9/h1-2,5,9H,3-4,6-8H2,(H,17,18). The second-order valence-corrected chi connectivity index (χ2v) is 8.12. The molecule has 0 amide bonds. The average Bonchev–Trinajstić information content (AvgIpc) is 2.84. The quantitative estimate of drug-likeness (QED) is 0.838. The highest BCUT2D eigenvalue weighted by molar-refractivity contribution is 8.06. The zero-order valence-corrected chi connectivity index (χ0v) is 13.7. The molecule has 1 aliphatic rings. The van der Waals surface area contributed by atoms with Crippen molar-refractivity contribution in [1.82, 2.24) is 14.5 Å². The Bertz CT molecular complexity index is 641. The Labute approximate surface area is 135 Å². The molecule has 0 aromatic carbocycles. The number of rotatable bonds is 5. The number of carboxylic acid groups (broad SMARTS) is 1. The Balaban J connectivity index is 1.88. The molecule has 112 valence electrons. The summed E-state index contributed by atoms with van der Waals surface area (Å²) in [6, 6.07) is 1.95. The van der Waals surface area contributed by atoms with Gasteiger partial charge < -0.3 is 9.67 Å². The maximum absolute atomic E-state index is 10.8. The van der Waals surface area contributed by atoms with Gasteiger partial charge in [0.05, 0.1) is 17.5 Å². The van der Waals surface area contributed by atoms with Crippen LogP contribution < -0.4 is 0 Å². The number of hydrogen-bond donors (Lipinski definition) is 1. The predicted molar refractivity (Wildman–Crippen MR) is 89.5 cm³/mol. The smallest absolute Gasteiger partial charge is 0.313 e. The summed E-state index contributed by atoms with van der Waals surface area (Å²) in [7, 11) is 0. The number of hydrogen-bond acceptors (Lipinski definition) is 6. The van der Waals surface area contributed by atoms with E-state index in [2.05, 4.69) is 14.5 Å². The van der Waals surface area contributed by atoms with E-state index in [0.717, 1.165) is 28.5 Å². The molecule has 1 saturated heterocycles. The van der Waals surface area contributed by atoms with Gasteiger partial charge in [0.15, 0.2) is 5.16 Å². The molecule has 1 fully saturated rings. The summed E-state index contributed by atoms with van der Waals surface area (Å²) < 4.78 is 2.15. The van der Waals surface area contributed by atoms with Crippen LogP contribution in [0.25, 0.3) is 11.0 Å². The number of aromatic nitrogens is 3. The van der Waals surface area contributed by atoms with Crippen molar-refractivity contribution < 1.29 is 9.90 Å². The molecule has 21 heavy (non-hydrogen) atoms. The van der Waals surface area contributed by atoms with Crippen molar-refractivity contribution in [2.75, 3.05) is 23.0 Å². The monoisotopic (exact) mass is 341 g/mol. The molecule has 0 aliphatic carbocycles. The zero-order chi connectivity index (χ0) is 14.7. The molecule has 0 saturated carbocycles. The molecule has 1 aliphatic heterocycles. The number of carboxylic acids is 1. The first-order valence-corrected chi connectivity index (χ1v) is 9.77. The van der Waals surface area contributed by atoms with Gasteiger partial charge in [-0.05, 0) is 6.07 Å². The third kappa shape index (κ3) is 3.67. The highest BCUT2D eigenvalue weighted by Gasteiger charge is 2.19. The number of fused-ring (bicyclic) bond motifs is 1. The minimum Gasteiger partial charge on any atom is -0.481 e. The van der Waals surface area contributed by atoms with Crippen LogP contribution in [0.3, 0.4) is 0 Å². The third-order valence-electron chi connectivity index (χ3n) is 3.11. The first-order valence-electron chi connectivity index (χ1n) is 6.58. The highest BCUT2D eigenvalue weighted by atomic mass is 32.2. The number of pyridine rings is 1. The molecular formula is C13H15N3O2S3. The molecular weight excluding hydrogens is 326 g/mol. The van der Waals surface area contributed by atoms with Gasteiger partial charge in [-0.3, -0.25) is 9.78 Å². The van der Waals surface area contributed by atoms with Crippen LogP contribution >= 0.6 is 35.3 Å². The maximum Gasteiger partial charge on any atom is 0.313 e. The van der Waals surface area contributed by atoms with Gasteiger partial charge in [-0.1, -0.05) is 11.8 Å². The topological polar surface area (TPSA) is 68.0 Å². The van der Waals surface area contributed by atoms with E-state index in [4.69, 9.17) is 5.11 Å². The minimum atomic E-state index is -0.820. The second kappa shape index (κ2) is 6.93. The SMILES string of the molecule is O=C(O)CSc1nc2cnccc2n1CC1CSCCS1. The Morgan fingerprint density at radius 1 is 1.52 bits per heavy atom. The van der Waals surface area contributed by atoms with Crippen molar-refractivity contribution in [3.05, 3.63) is 18.5 Å². The second-order valence-electron chi connectivity index (χ2n) is 4.62. The van der Waals surface area contributed by atoms with E-state index in [0.29, 0.717) is 5.25 Å². The Kier molecular flexibility index (Phi) is 4.97. The normalized spacial score (nSPS) is 19.0. The summed E-state index contributed by atoms with van der Waals surface area (Å²) in [4.78, 5) is 19.4. The number of aliphatic carboxylic acids is 1. The maximum atomic E-state index is 10.8. The van der Waals surface area contributed by atoms with Crippen molar-refractivity contribution in [3.63, 3.8) is 0 Å². The fourth-order valence-corrected chi connectivity index (χ4v) is 5.62. The van der Waals surface area contributed by atoms with E-state index in [9.17, 15) is 4.79 Å². The lowest BCUT2D eigenvalue weighted by molar-refractivity contribution is -0.133. The molecule has 3 rings (SSSR count). The third-order valence-corrected chi connectivity index (χ3v) is 6.90. The van der Waals surface area contributed by atoms with Crippen LogP contribution in [0.15, 0.2) is 23.6 Å². The molecule has 1 atom stereocenters. The molecule has 8 heteroatoms. The van der Waals surface area contributed by atoms with Gasteiger partial charge in [0, 0.05) is 35.3 Å². The van der Waals surface area contributed by atoms with Crippen LogP contribution in [0, 0.1) is 0 Å². The first-order chi connectivity index (χ1) is 10.2. The summed E-state index contributed by atoms with van der Waals surface area (Å²) in [5, 5.41) is 10.2. The summed E-state index contributed by atoms with van der Waals surface area (Å²) in [6.07, 6.45) is 3.49. The molecule has 1 unspecified atom stereocenters. The average molecular weight is 341 g/mol. The number of thioether (sulfide) groups is 3. The fraction of sp³-hybridized carbons (Fsp3) is 0.462. The summed E-state index contributed by atoms with van der Waals surface area (Å²) >= 11 is 5.26. The predicted octanol–water partition coefficient (Wildman–Crippen LogP) is 2.46. The van der Waals surface area contributed by atoms with Gasteiger partial charge in [-0.2, -0.15) is 23.5 Å². The van der Waals surface area contributed by atoms with E-state index < -0.39 is 5.97 Å². The van der Waals surface area contributed by atoms with Gasteiger partial charge in [-0.25, -0.2) is 4.98 Å². The van der Waals surface area contributed by atoms with Crippen LogP contribution in [-0.2, 0) is 11.3 Å². The van der Waals surface area contributed by atoms with E-state index in [-0.39, 0.29) is 5.75 Å². The highest BCUT2D eigenvalue weighted by Crippen LogP contribution is 2.29. The van der Waals surface area contributed by atoms with Gasteiger partial charge in [0.1, 0.15) is 5.52 Å². The van der Waals surface area contributed by atoms with Crippen LogP contribution in [0.2, 0.25) is 0 Å². The van der Waals surface area contributed by atoms with Gasteiger partial charge in [0.2, 0.25) is 0 Å². The van der Waals surface area contributed by atoms with Crippen molar-refractivity contribution in [2.24, 2.45) is 0 Å². The van der Waals surface area contributed by atoms with Gasteiger partial charge >= 0.3 is 5.97 Å². The molecule has 3 heterocycles. The first kappa shape index (κ1) is 15.1.